The van der Waals surface area contributed by atoms with Crippen molar-refractivity contribution in [1.82, 2.24) is 20.2 Å². The lowest BCUT2D eigenvalue weighted by Crippen LogP contribution is -2.41. The predicted octanol–water partition coefficient (Wildman–Crippen LogP) is 1.24. The average molecular weight is 280 g/mol. The van der Waals surface area contributed by atoms with Gasteiger partial charge in [-0.15, -0.1) is 0 Å². The summed E-state index contributed by atoms with van der Waals surface area (Å²) in [6.07, 6.45) is 6.64. The van der Waals surface area contributed by atoms with Crippen molar-refractivity contribution in [2.75, 3.05) is 19.7 Å². The smallest absolute Gasteiger partial charge is 0.314 e. The molecule has 2 rings (SSSR count). The minimum absolute atomic E-state index is 0.112. The molecule has 0 aliphatic carbocycles. The Labute approximate surface area is 119 Å². The Morgan fingerprint density at radius 1 is 1.50 bits per heavy atom. The standard InChI is InChI=1S/C14H24N4O2/c1-11(2)13-12(3-8-20-13)9-17-14(19)16-5-7-18-6-4-15-10-18/h4,6,10-13H,3,5,7-9H2,1-2H3,(H2,16,17,19)/t12-,13-/m1/s1. The van der Waals surface area contributed by atoms with Gasteiger partial charge in [-0.05, 0) is 12.3 Å². The summed E-state index contributed by atoms with van der Waals surface area (Å²) < 4.78 is 7.64. The van der Waals surface area contributed by atoms with Gasteiger partial charge in [0.1, 0.15) is 0 Å². The molecule has 1 aromatic heterocycles. The van der Waals surface area contributed by atoms with Gasteiger partial charge in [0.05, 0.1) is 12.4 Å². The molecule has 0 saturated carbocycles. The van der Waals surface area contributed by atoms with Crippen LogP contribution in [0.15, 0.2) is 18.7 Å². The number of nitrogens with one attached hydrogen (secondary N) is 2. The highest BCUT2D eigenvalue weighted by Gasteiger charge is 2.30. The number of hydrogen-bond acceptors (Lipinski definition) is 3. The Hall–Kier alpha value is -1.56. The Bertz CT molecular complexity index is 405. The van der Waals surface area contributed by atoms with Crippen LogP contribution in [0.4, 0.5) is 4.79 Å². The van der Waals surface area contributed by atoms with Crippen molar-refractivity contribution in [3.63, 3.8) is 0 Å². The third-order valence-electron chi connectivity index (χ3n) is 3.66. The van der Waals surface area contributed by atoms with E-state index in [-0.39, 0.29) is 12.1 Å². The zero-order valence-corrected chi connectivity index (χ0v) is 12.2. The summed E-state index contributed by atoms with van der Waals surface area (Å²) in [7, 11) is 0. The molecule has 20 heavy (non-hydrogen) atoms. The lowest BCUT2D eigenvalue weighted by atomic mass is 9.93. The summed E-state index contributed by atoms with van der Waals surface area (Å²) >= 11 is 0. The molecule has 1 fully saturated rings. The van der Waals surface area contributed by atoms with Gasteiger partial charge in [-0.1, -0.05) is 13.8 Å². The molecular formula is C14H24N4O2. The molecule has 6 nitrogen and oxygen atoms in total. The minimum Gasteiger partial charge on any atom is -0.378 e. The van der Waals surface area contributed by atoms with E-state index in [9.17, 15) is 4.79 Å². The van der Waals surface area contributed by atoms with Gasteiger partial charge in [-0.25, -0.2) is 9.78 Å². The summed E-state index contributed by atoms with van der Waals surface area (Å²) in [5.74, 6) is 0.919. The zero-order chi connectivity index (χ0) is 14.4. The molecular weight excluding hydrogens is 256 g/mol. The van der Waals surface area contributed by atoms with E-state index in [1.165, 1.54) is 0 Å². The van der Waals surface area contributed by atoms with E-state index in [1.54, 1.807) is 12.5 Å². The van der Waals surface area contributed by atoms with Crippen LogP contribution in [0.5, 0.6) is 0 Å². The number of carbonyl (C=O) groups excluding carboxylic acids is 1. The molecule has 1 aliphatic heterocycles. The number of aromatic nitrogens is 2. The molecule has 0 spiro atoms. The molecule has 1 saturated heterocycles. The van der Waals surface area contributed by atoms with Gasteiger partial charge in [0.2, 0.25) is 0 Å². The first-order valence-corrected chi connectivity index (χ1v) is 7.26. The maximum atomic E-state index is 11.7. The van der Waals surface area contributed by atoms with Crippen LogP contribution in [0, 0.1) is 11.8 Å². The summed E-state index contributed by atoms with van der Waals surface area (Å²) in [6.45, 7) is 7.13. The number of urea groups is 1. The van der Waals surface area contributed by atoms with Crippen molar-refractivity contribution in [1.29, 1.82) is 0 Å². The van der Waals surface area contributed by atoms with Crippen molar-refractivity contribution in [3.05, 3.63) is 18.7 Å². The molecule has 2 amide bonds. The second kappa shape index (κ2) is 7.28. The Kier molecular flexibility index (Phi) is 5.40. The quantitative estimate of drug-likeness (QED) is 0.824. The predicted molar refractivity (Wildman–Crippen MR) is 76.3 cm³/mol. The fraction of sp³-hybridized carbons (Fsp3) is 0.714. The van der Waals surface area contributed by atoms with Crippen LogP contribution in [0.3, 0.4) is 0 Å². The summed E-state index contributed by atoms with van der Waals surface area (Å²) in [4.78, 5) is 15.7. The fourth-order valence-corrected chi connectivity index (χ4v) is 2.61. The van der Waals surface area contributed by atoms with Gasteiger partial charge in [0, 0.05) is 44.6 Å². The Morgan fingerprint density at radius 2 is 2.35 bits per heavy atom. The van der Waals surface area contributed by atoms with E-state index in [1.807, 2.05) is 10.8 Å². The van der Waals surface area contributed by atoms with Crippen LogP contribution in [0.25, 0.3) is 0 Å². The molecule has 1 aliphatic rings. The first-order valence-electron chi connectivity index (χ1n) is 7.26. The highest BCUT2D eigenvalue weighted by atomic mass is 16.5. The summed E-state index contributed by atoms with van der Waals surface area (Å²) in [6, 6.07) is -0.112. The van der Waals surface area contributed by atoms with Crippen molar-refractivity contribution in [2.24, 2.45) is 11.8 Å². The van der Waals surface area contributed by atoms with Gasteiger partial charge in [0.15, 0.2) is 0 Å². The molecule has 0 radical (unpaired) electrons. The largest absolute Gasteiger partial charge is 0.378 e. The monoisotopic (exact) mass is 280 g/mol. The highest BCUT2D eigenvalue weighted by molar-refractivity contribution is 5.73. The lowest BCUT2D eigenvalue weighted by Gasteiger charge is -2.22. The number of amides is 2. The summed E-state index contributed by atoms with van der Waals surface area (Å²) in [5, 5.41) is 5.78. The first kappa shape index (κ1) is 14.8. The third kappa shape index (κ3) is 4.23. The van der Waals surface area contributed by atoms with Crippen molar-refractivity contribution < 1.29 is 9.53 Å². The Balaban J connectivity index is 1.62. The number of rotatable bonds is 6. The van der Waals surface area contributed by atoms with Crippen molar-refractivity contribution in [2.45, 2.75) is 32.9 Å². The number of carbonyl (C=O) groups is 1. The van der Waals surface area contributed by atoms with Gasteiger partial charge < -0.3 is 19.9 Å². The SMILES string of the molecule is CC(C)[C@H]1OCC[C@@H]1CNC(=O)NCCn1ccnc1. The number of imidazole rings is 1. The number of nitrogens with zero attached hydrogens (tertiary/aromatic N) is 2. The topological polar surface area (TPSA) is 68.2 Å². The molecule has 2 heterocycles. The van der Waals surface area contributed by atoms with E-state index in [2.05, 4.69) is 29.5 Å². The number of hydrogen-bond donors (Lipinski definition) is 2. The lowest BCUT2D eigenvalue weighted by molar-refractivity contribution is 0.0545. The van der Waals surface area contributed by atoms with E-state index in [0.29, 0.717) is 24.9 Å². The zero-order valence-electron chi connectivity index (χ0n) is 12.2. The molecule has 2 atom stereocenters. The summed E-state index contributed by atoms with van der Waals surface area (Å²) in [5.41, 5.74) is 0. The van der Waals surface area contributed by atoms with Gasteiger partial charge in [-0.3, -0.25) is 0 Å². The molecule has 2 N–H and O–H groups in total. The number of ether oxygens (including phenoxy) is 1. The molecule has 0 unspecified atom stereocenters. The van der Waals surface area contributed by atoms with Crippen LogP contribution < -0.4 is 10.6 Å². The van der Waals surface area contributed by atoms with Crippen molar-refractivity contribution >= 4 is 6.03 Å². The molecule has 0 aromatic carbocycles. The van der Waals surface area contributed by atoms with Crippen LogP contribution >= 0.6 is 0 Å². The maximum Gasteiger partial charge on any atom is 0.314 e. The van der Waals surface area contributed by atoms with E-state index in [0.717, 1.165) is 19.6 Å². The van der Waals surface area contributed by atoms with Crippen LogP contribution in [0.2, 0.25) is 0 Å². The van der Waals surface area contributed by atoms with E-state index >= 15 is 0 Å². The van der Waals surface area contributed by atoms with Crippen LogP contribution in [-0.2, 0) is 11.3 Å². The second-order valence-electron chi connectivity index (χ2n) is 5.57. The van der Waals surface area contributed by atoms with Crippen molar-refractivity contribution in [3.8, 4) is 0 Å². The average Bonchev–Trinajstić information content (AvgIpc) is 3.07. The first-order chi connectivity index (χ1) is 9.66. The van der Waals surface area contributed by atoms with Gasteiger partial charge in [0.25, 0.3) is 0 Å². The molecule has 0 bridgehead atoms. The fourth-order valence-electron chi connectivity index (χ4n) is 2.61. The van der Waals surface area contributed by atoms with E-state index in [4.69, 9.17) is 4.74 Å². The third-order valence-corrected chi connectivity index (χ3v) is 3.66. The highest BCUT2D eigenvalue weighted by Crippen LogP contribution is 2.25. The van der Waals surface area contributed by atoms with Crippen LogP contribution in [-0.4, -0.2) is 41.4 Å². The Morgan fingerprint density at radius 3 is 3.05 bits per heavy atom. The van der Waals surface area contributed by atoms with Gasteiger partial charge >= 0.3 is 6.03 Å². The van der Waals surface area contributed by atoms with Gasteiger partial charge in [-0.2, -0.15) is 0 Å². The molecule has 6 heteroatoms. The van der Waals surface area contributed by atoms with E-state index < -0.39 is 0 Å². The second-order valence-corrected chi connectivity index (χ2v) is 5.57. The van der Waals surface area contributed by atoms with Crippen LogP contribution in [0.1, 0.15) is 20.3 Å². The molecule has 112 valence electrons. The normalized spacial score (nSPS) is 22.1. The molecule has 1 aromatic rings. The maximum absolute atomic E-state index is 11.7. The minimum atomic E-state index is -0.112.